The van der Waals surface area contributed by atoms with Crippen LogP contribution in [0.4, 0.5) is 0 Å². The topological polar surface area (TPSA) is 52.3 Å². The van der Waals surface area contributed by atoms with E-state index in [1.54, 1.807) is 6.92 Å². The molecule has 1 atom stereocenters. The van der Waals surface area contributed by atoms with Gasteiger partial charge in [-0.25, -0.2) is 0 Å². The van der Waals surface area contributed by atoms with Gasteiger partial charge in [0.05, 0.1) is 6.61 Å². The summed E-state index contributed by atoms with van der Waals surface area (Å²) in [5, 5.41) is 0. The third kappa shape index (κ3) is 2.35. The summed E-state index contributed by atoms with van der Waals surface area (Å²) in [6.45, 7) is 2.20. The lowest BCUT2D eigenvalue weighted by Gasteiger charge is -2.04. The SMILES string of the molecule is C[C@H](N)C(=O)OCC1CC1. The summed E-state index contributed by atoms with van der Waals surface area (Å²) in [6.07, 6.45) is 2.40. The molecule has 58 valence electrons. The van der Waals surface area contributed by atoms with E-state index in [-0.39, 0.29) is 5.97 Å². The highest BCUT2D eigenvalue weighted by Gasteiger charge is 2.23. The van der Waals surface area contributed by atoms with E-state index in [9.17, 15) is 4.79 Å². The van der Waals surface area contributed by atoms with Crippen molar-refractivity contribution in [2.45, 2.75) is 25.8 Å². The molecule has 0 heterocycles. The van der Waals surface area contributed by atoms with Crippen LogP contribution in [0.2, 0.25) is 0 Å². The lowest BCUT2D eigenvalue weighted by molar-refractivity contribution is -0.145. The first-order valence-corrected chi connectivity index (χ1v) is 3.62. The van der Waals surface area contributed by atoms with Crippen LogP contribution in [0.1, 0.15) is 19.8 Å². The molecule has 0 spiro atoms. The summed E-state index contributed by atoms with van der Waals surface area (Å²) in [5.74, 6) is 0.342. The molecule has 2 N–H and O–H groups in total. The Hall–Kier alpha value is -0.570. The Balaban J connectivity index is 2.05. The Morgan fingerprint density at radius 3 is 2.80 bits per heavy atom. The van der Waals surface area contributed by atoms with E-state index in [1.165, 1.54) is 12.8 Å². The standard InChI is InChI=1S/C7H13NO2/c1-5(8)7(9)10-4-6-2-3-6/h5-6H,2-4,8H2,1H3/t5-/m0/s1. The van der Waals surface area contributed by atoms with Crippen molar-refractivity contribution < 1.29 is 9.53 Å². The van der Waals surface area contributed by atoms with Gasteiger partial charge in [0.15, 0.2) is 0 Å². The zero-order chi connectivity index (χ0) is 7.56. The third-order valence-electron chi connectivity index (χ3n) is 1.53. The molecule has 0 aliphatic heterocycles. The Labute approximate surface area is 60.5 Å². The van der Waals surface area contributed by atoms with Crippen LogP contribution >= 0.6 is 0 Å². The highest BCUT2D eigenvalue weighted by atomic mass is 16.5. The maximum absolute atomic E-state index is 10.7. The minimum absolute atomic E-state index is 0.285. The molecule has 1 rings (SSSR count). The first-order valence-electron chi connectivity index (χ1n) is 3.62. The average Bonchev–Trinajstić information content (AvgIpc) is 2.64. The van der Waals surface area contributed by atoms with Crippen molar-refractivity contribution in [2.24, 2.45) is 11.7 Å². The molecule has 0 saturated heterocycles. The molecule has 0 aromatic heterocycles. The fourth-order valence-electron chi connectivity index (χ4n) is 0.616. The van der Waals surface area contributed by atoms with Crippen LogP contribution < -0.4 is 5.73 Å². The Morgan fingerprint density at radius 1 is 1.80 bits per heavy atom. The molecule has 10 heavy (non-hydrogen) atoms. The molecule has 1 aliphatic carbocycles. The monoisotopic (exact) mass is 143 g/mol. The second-order valence-corrected chi connectivity index (χ2v) is 2.86. The molecule has 0 amide bonds. The van der Waals surface area contributed by atoms with Crippen molar-refractivity contribution in [3.8, 4) is 0 Å². The number of carbonyl (C=O) groups is 1. The summed E-state index contributed by atoms with van der Waals surface area (Å²) in [4.78, 5) is 10.7. The summed E-state index contributed by atoms with van der Waals surface area (Å²) in [6, 6.07) is -0.473. The van der Waals surface area contributed by atoms with Crippen LogP contribution in [-0.2, 0) is 9.53 Å². The number of carbonyl (C=O) groups excluding carboxylic acids is 1. The number of hydrogen-bond acceptors (Lipinski definition) is 3. The Bertz CT molecular complexity index is 130. The predicted octanol–water partition coefficient (Wildman–Crippen LogP) is 0.287. The number of nitrogens with two attached hydrogens (primary N) is 1. The van der Waals surface area contributed by atoms with E-state index in [0.29, 0.717) is 12.5 Å². The van der Waals surface area contributed by atoms with Crippen LogP contribution in [0.25, 0.3) is 0 Å². The van der Waals surface area contributed by atoms with Crippen LogP contribution in [0, 0.1) is 5.92 Å². The summed E-state index contributed by atoms with van der Waals surface area (Å²) < 4.78 is 4.86. The van der Waals surface area contributed by atoms with E-state index >= 15 is 0 Å². The zero-order valence-corrected chi connectivity index (χ0v) is 6.17. The van der Waals surface area contributed by atoms with Gasteiger partial charge in [-0.15, -0.1) is 0 Å². The molecule has 0 radical (unpaired) electrons. The van der Waals surface area contributed by atoms with Crippen molar-refractivity contribution in [1.82, 2.24) is 0 Å². The Kier molecular flexibility index (Phi) is 2.27. The van der Waals surface area contributed by atoms with Crippen molar-refractivity contribution in [3.63, 3.8) is 0 Å². The van der Waals surface area contributed by atoms with E-state index in [2.05, 4.69) is 0 Å². The second kappa shape index (κ2) is 3.01. The highest BCUT2D eigenvalue weighted by Crippen LogP contribution is 2.28. The number of ether oxygens (including phenoxy) is 1. The van der Waals surface area contributed by atoms with Crippen LogP contribution in [-0.4, -0.2) is 18.6 Å². The highest BCUT2D eigenvalue weighted by molar-refractivity contribution is 5.74. The van der Waals surface area contributed by atoms with E-state index < -0.39 is 6.04 Å². The molecule has 0 unspecified atom stereocenters. The molecule has 0 aromatic rings. The van der Waals surface area contributed by atoms with Crippen LogP contribution in [0.15, 0.2) is 0 Å². The molecule has 0 aromatic carbocycles. The Morgan fingerprint density at radius 2 is 2.40 bits per heavy atom. The summed E-state index contributed by atoms with van der Waals surface area (Å²) in [5.41, 5.74) is 5.27. The number of rotatable bonds is 3. The van der Waals surface area contributed by atoms with Gasteiger partial charge in [0.25, 0.3) is 0 Å². The minimum Gasteiger partial charge on any atom is -0.464 e. The summed E-state index contributed by atoms with van der Waals surface area (Å²) >= 11 is 0. The van der Waals surface area contributed by atoms with Crippen molar-refractivity contribution in [1.29, 1.82) is 0 Å². The predicted molar refractivity (Wildman–Crippen MR) is 37.3 cm³/mol. The quantitative estimate of drug-likeness (QED) is 0.577. The van der Waals surface area contributed by atoms with Crippen molar-refractivity contribution in [3.05, 3.63) is 0 Å². The summed E-state index contributed by atoms with van der Waals surface area (Å²) in [7, 11) is 0. The molecule has 3 heteroatoms. The van der Waals surface area contributed by atoms with Crippen molar-refractivity contribution >= 4 is 5.97 Å². The smallest absolute Gasteiger partial charge is 0.322 e. The minimum atomic E-state index is -0.473. The maximum atomic E-state index is 10.7. The van der Waals surface area contributed by atoms with Crippen LogP contribution in [0.5, 0.6) is 0 Å². The van der Waals surface area contributed by atoms with Gasteiger partial charge >= 0.3 is 5.97 Å². The molecule has 1 aliphatic rings. The number of hydrogen-bond donors (Lipinski definition) is 1. The maximum Gasteiger partial charge on any atom is 0.322 e. The second-order valence-electron chi connectivity index (χ2n) is 2.86. The van der Waals surface area contributed by atoms with E-state index in [1.807, 2.05) is 0 Å². The van der Waals surface area contributed by atoms with Crippen LogP contribution in [0.3, 0.4) is 0 Å². The van der Waals surface area contributed by atoms with Gasteiger partial charge in [0, 0.05) is 0 Å². The first-order chi connectivity index (χ1) is 4.70. The van der Waals surface area contributed by atoms with Gasteiger partial charge in [0.1, 0.15) is 6.04 Å². The van der Waals surface area contributed by atoms with Gasteiger partial charge in [-0.2, -0.15) is 0 Å². The van der Waals surface area contributed by atoms with E-state index in [0.717, 1.165) is 0 Å². The lowest BCUT2D eigenvalue weighted by Crippen LogP contribution is -2.29. The van der Waals surface area contributed by atoms with Crippen molar-refractivity contribution in [2.75, 3.05) is 6.61 Å². The van der Waals surface area contributed by atoms with Gasteiger partial charge in [-0.05, 0) is 25.7 Å². The number of esters is 1. The van der Waals surface area contributed by atoms with Gasteiger partial charge in [-0.3, -0.25) is 4.79 Å². The molecular formula is C7H13NO2. The molecule has 1 saturated carbocycles. The van der Waals surface area contributed by atoms with Gasteiger partial charge in [-0.1, -0.05) is 0 Å². The first kappa shape index (κ1) is 7.54. The normalized spacial score (nSPS) is 20.2. The fraction of sp³-hybridized carbons (Fsp3) is 0.857. The molecular weight excluding hydrogens is 130 g/mol. The zero-order valence-electron chi connectivity index (χ0n) is 6.17. The van der Waals surface area contributed by atoms with Gasteiger partial charge in [0.2, 0.25) is 0 Å². The third-order valence-corrected chi connectivity index (χ3v) is 1.53. The average molecular weight is 143 g/mol. The lowest BCUT2D eigenvalue weighted by atomic mass is 10.4. The largest absolute Gasteiger partial charge is 0.464 e. The van der Waals surface area contributed by atoms with E-state index in [4.69, 9.17) is 10.5 Å². The van der Waals surface area contributed by atoms with Gasteiger partial charge < -0.3 is 10.5 Å². The molecule has 3 nitrogen and oxygen atoms in total. The fourth-order valence-corrected chi connectivity index (χ4v) is 0.616. The molecule has 1 fully saturated rings. The molecule has 0 bridgehead atoms.